The quantitative estimate of drug-likeness (QED) is 0.327. The third-order valence-corrected chi connectivity index (χ3v) is 4.56. The van der Waals surface area contributed by atoms with Crippen molar-refractivity contribution in [2.24, 2.45) is 5.84 Å². The Bertz CT molecular complexity index is 549. The molecule has 0 saturated heterocycles. The second kappa shape index (κ2) is 6.87. The molecular weight excluding hydrogens is 292 g/mol. The summed E-state index contributed by atoms with van der Waals surface area (Å²) in [6, 6.07) is 1.88. The van der Waals surface area contributed by atoms with Crippen LogP contribution in [0.5, 0.6) is 0 Å². The Morgan fingerprint density at radius 1 is 1.40 bits per heavy atom. The topological polar surface area (TPSA) is 88.8 Å². The Morgan fingerprint density at radius 2 is 2.15 bits per heavy atom. The fourth-order valence-electron chi connectivity index (χ4n) is 1.63. The highest BCUT2D eigenvalue weighted by molar-refractivity contribution is 7.98. The van der Waals surface area contributed by atoms with Gasteiger partial charge in [0.1, 0.15) is 16.6 Å². The van der Waals surface area contributed by atoms with Crippen LogP contribution in [0.25, 0.3) is 0 Å². The molecule has 6 nitrogen and oxygen atoms in total. The zero-order valence-electron chi connectivity index (χ0n) is 11.7. The van der Waals surface area contributed by atoms with Gasteiger partial charge in [0, 0.05) is 17.1 Å². The van der Waals surface area contributed by atoms with E-state index in [9.17, 15) is 0 Å². The summed E-state index contributed by atoms with van der Waals surface area (Å²) < 4.78 is 0. The first-order valence-electron chi connectivity index (χ1n) is 6.27. The van der Waals surface area contributed by atoms with Gasteiger partial charge in [-0.15, -0.1) is 11.3 Å². The van der Waals surface area contributed by atoms with Crippen LogP contribution in [-0.4, -0.2) is 21.2 Å². The largest absolute Gasteiger partial charge is 0.361 e. The Kier molecular flexibility index (Phi) is 5.16. The average Bonchev–Trinajstić information content (AvgIpc) is 2.95. The third-order valence-electron chi connectivity index (χ3n) is 2.69. The van der Waals surface area contributed by atoms with Crippen molar-refractivity contribution < 1.29 is 0 Å². The summed E-state index contributed by atoms with van der Waals surface area (Å²) in [5.74, 6) is 6.74. The van der Waals surface area contributed by atoms with E-state index in [2.05, 4.69) is 39.5 Å². The summed E-state index contributed by atoms with van der Waals surface area (Å²) in [6.45, 7) is 4.19. The van der Waals surface area contributed by atoms with Gasteiger partial charge >= 0.3 is 0 Å². The normalized spacial score (nSPS) is 12.2. The van der Waals surface area contributed by atoms with E-state index in [-0.39, 0.29) is 6.04 Å². The molecule has 108 valence electrons. The maximum absolute atomic E-state index is 5.42. The zero-order chi connectivity index (χ0) is 14.5. The van der Waals surface area contributed by atoms with Crippen molar-refractivity contribution in [2.75, 3.05) is 17.0 Å². The molecule has 20 heavy (non-hydrogen) atoms. The average molecular weight is 310 g/mol. The number of aryl methyl sites for hydroxylation is 1. The lowest BCUT2D eigenvalue weighted by Crippen LogP contribution is -2.12. The number of hydrazine groups is 1. The maximum atomic E-state index is 5.42. The van der Waals surface area contributed by atoms with Gasteiger partial charge in [0.2, 0.25) is 0 Å². The van der Waals surface area contributed by atoms with E-state index in [1.807, 2.05) is 12.5 Å². The third kappa shape index (κ3) is 3.59. The number of nitrogens with zero attached hydrogens (tertiary/aromatic N) is 3. The highest BCUT2D eigenvalue weighted by atomic mass is 32.2. The van der Waals surface area contributed by atoms with E-state index in [4.69, 9.17) is 5.84 Å². The number of thiazole rings is 1. The molecule has 4 N–H and O–H groups in total. The van der Waals surface area contributed by atoms with Crippen LogP contribution in [0.1, 0.15) is 29.8 Å². The molecule has 1 unspecified atom stereocenters. The van der Waals surface area contributed by atoms with Crippen molar-refractivity contribution in [1.29, 1.82) is 0 Å². The van der Waals surface area contributed by atoms with Gasteiger partial charge in [0.25, 0.3) is 0 Å². The lowest BCUT2D eigenvalue weighted by atomic mass is 10.3. The van der Waals surface area contributed by atoms with Crippen LogP contribution in [0.2, 0.25) is 0 Å². The standard InChI is InChI=1S/C12H18N6S2/c1-4-8-6-14-11(20-8)7(2)15-9-5-10(18-13)17-12(16-9)19-3/h5-7H,4,13H2,1-3H3,(H2,15,16,17,18). The van der Waals surface area contributed by atoms with Crippen LogP contribution in [0.4, 0.5) is 11.6 Å². The van der Waals surface area contributed by atoms with E-state index in [0.29, 0.717) is 11.0 Å². The molecule has 2 heterocycles. The lowest BCUT2D eigenvalue weighted by molar-refractivity contribution is 0.845. The number of hydrogen-bond acceptors (Lipinski definition) is 8. The summed E-state index contributed by atoms with van der Waals surface area (Å²) in [5, 5.41) is 5.05. The minimum atomic E-state index is 0.0931. The molecule has 8 heteroatoms. The number of rotatable bonds is 6. The summed E-state index contributed by atoms with van der Waals surface area (Å²) in [7, 11) is 0. The molecule has 0 aliphatic rings. The second-order valence-electron chi connectivity index (χ2n) is 4.15. The Labute approximate surface area is 126 Å². The van der Waals surface area contributed by atoms with Gasteiger partial charge in [0.15, 0.2) is 5.16 Å². The first-order chi connectivity index (χ1) is 9.66. The highest BCUT2D eigenvalue weighted by Crippen LogP contribution is 2.25. The number of nitrogens with one attached hydrogen (secondary N) is 2. The molecule has 0 radical (unpaired) electrons. The number of thioether (sulfide) groups is 1. The van der Waals surface area contributed by atoms with E-state index < -0.39 is 0 Å². The molecule has 2 rings (SSSR count). The molecule has 0 aliphatic carbocycles. The number of nitrogen functional groups attached to an aromatic ring is 1. The molecule has 2 aromatic heterocycles. The molecule has 0 bridgehead atoms. The van der Waals surface area contributed by atoms with E-state index in [1.165, 1.54) is 16.6 Å². The van der Waals surface area contributed by atoms with E-state index >= 15 is 0 Å². The van der Waals surface area contributed by atoms with Crippen molar-refractivity contribution >= 4 is 34.7 Å². The fourth-order valence-corrected chi connectivity index (χ4v) is 2.87. The number of anilines is 2. The Hall–Kier alpha value is -1.38. The molecule has 0 amide bonds. The van der Waals surface area contributed by atoms with Gasteiger partial charge in [-0.3, -0.25) is 0 Å². The number of nitrogens with two attached hydrogens (primary N) is 1. The Morgan fingerprint density at radius 3 is 2.75 bits per heavy atom. The smallest absolute Gasteiger partial charge is 0.191 e. The number of aromatic nitrogens is 3. The maximum Gasteiger partial charge on any atom is 0.191 e. The molecule has 0 aromatic carbocycles. The lowest BCUT2D eigenvalue weighted by Gasteiger charge is -2.13. The van der Waals surface area contributed by atoms with Crippen molar-refractivity contribution in [3.05, 3.63) is 22.1 Å². The van der Waals surface area contributed by atoms with Gasteiger partial charge in [-0.05, 0) is 19.6 Å². The molecule has 0 fully saturated rings. The highest BCUT2D eigenvalue weighted by Gasteiger charge is 2.12. The first kappa shape index (κ1) is 15.0. The monoisotopic (exact) mass is 310 g/mol. The van der Waals surface area contributed by atoms with Crippen molar-refractivity contribution in [2.45, 2.75) is 31.5 Å². The molecule has 1 atom stereocenters. The van der Waals surface area contributed by atoms with Crippen molar-refractivity contribution in [3.63, 3.8) is 0 Å². The first-order valence-corrected chi connectivity index (χ1v) is 8.31. The molecule has 0 spiro atoms. The van der Waals surface area contributed by atoms with Gasteiger partial charge in [0.05, 0.1) is 6.04 Å². The van der Waals surface area contributed by atoms with Crippen molar-refractivity contribution in [1.82, 2.24) is 15.0 Å². The van der Waals surface area contributed by atoms with Crippen molar-refractivity contribution in [3.8, 4) is 0 Å². The SMILES string of the molecule is CCc1cnc(C(C)Nc2cc(NN)nc(SC)n2)s1. The van der Waals surface area contributed by atoms with Crippen LogP contribution >= 0.6 is 23.1 Å². The van der Waals surface area contributed by atoms with Crippen LogP contribution < -0.4 is 16.6 Å². The van der Waals surface area contributed by atoms with E-state index in [0.717, 1.165) is 17.2 Å². The summed E-state index contributed by atoms with van der Waals surface area (Å²) >= 11 is 3.19. The van der Waals surface area contributed by atoms with Gasteiger partial charge in [-0.2, -0.15) is 0 Å². The zero-order valence-corrected chi connectivity index (χ0v) is 13.3. The van der Waals surface area contributed by atoms with Gasteiger partial charge < -0.3 is 10.7 Å². The molecular formula is C12H18N6S2. The molecule has 0 aliphatic heterocycles. The molecule has 2 aromatic rings. The van der Waals surface area contributed by atoms with Crippen LogP contribution in [0, 0.1) is 0 Å². The molecule has 0 saturated carbocycles. The summed E-state index contributed by atoms with van der Waals surface area (Å²) in [6.07, 6.45) is 4.87. The van der Waals surface area contributed by atoms with Crippen LogP contribution in [0.3, 0.4) is 0 Å². The van der Waals surface area contributed by atoms with Crippen LogP contribution in [-0.2, 0) is 6.42 Å². The summed E-state index contributed by atoms with van der Waals surface area (Å²) in [4.78, 5) is 14.4. The van der Waals surface area contributed by atoms with Gasteiger partial charge in [-0.1, -0.05) is 18.7 Å². The van der Waals surface area contributed by atoms with Gasteiger partial charge in [-0.25, -0.2) is 20.8 Å². The predicted octanol–water partition coefficient (Wildman–Crippen LogP) is 2.68. The minimum absolute atomic E-state index is 0.0931. The summed E-state index contributed by atoms with van der Waals surface area (Å²) in [5.41, 5.74) is 2.55. The Balaban J connectivity index is 2.15. The second-order valence-corrected chi connectivity index (χ2v) is 6.07. The van der Waals surface area contributed by atoms with E-state index in [1.54, 1.807) is 17.4 Å². The minimum Gasteiger partial charge on any atom is -0.361 e. The fraction of sp³-hybridized carbons (Fsp3) is 0.417. The van der Waals surface area contributed by atoms with Crippen LogP contribution in [0.15, 0.2) is 17.4 Å². The predicted molar refractivity (Wildman–Crippen MR) is 85.2 cm³/mol. The number of hydrogen-bond donors (Lipinski definition) is 3.